The minimum Gasteiger partial charge on any atom is -0.309 e. The first-order chi connectivity index (χ1) is 24.3. The highest BCUT2D eigenvalue weighted by atomic mass is 15.0. The molecule has 0 atom stereocenters. The second-order valence-electron chi connectivity index (χ2n) is 12.5. The Bertz CT molecular complexity index is 2540. The molecule has 0 aliphatic heterocycles. The largest absolute Gasteiger partial charge is 0.309 e. The van der Waals surface area contributed by atoms with Gasteiger partial charge in [0.25, 0.3) is 0 Å². The molecule has 0 amide bonds. The van der Waals surface area contributed by atoms with Gasteiger partial charge in [0.1, 0.15) is 0 Å². The minimum absolute atomic E-state index is 0.976. The standard InChI is InChI=1S/C47H32N2/c1-2-13-33(14-3-1)39-29-40(36-17-10-15-34(27-36)35-16-11-19-38(28-35)45-23-8-9-26-48-45)31-41(30-39)37-18-12-20-42(32-37)49-46-24-6-4-21-43(46)44-22-5-7-25-47(44)49/h1-32H. The van der Waals surface area contributed by atoms with E-state index in [1.54, 1.807) is 0 Å². The van der Waals surface area contributed by atoms with Crippen molar-refractivity contribution in [3.63, 3.8) is 0 Å². The summed E-state index contributed by atoms with van der Waals surface area (Å²) in [5, 5.41) is 2.53. The first-order valence-corrected chi connectivity index (χ1v) is 16.7. The lowest BCUT2D eigenvalue weighted by Crippen LogP contribution is -1.94. The maximum atomic E-state index is 4.58. The van der Waals surface area contributed by atoms with Gasteiger partial charge in [0.2, 0.25) is 0 Å². The second-order valence-corrected chi connectivity index (χ2v) is 12.5. The molecular weight excluding hydrogens is 593 g/mol. The molecule has 0 bridgehead atoms. The SMILES string of the molecule is c1ccc(-c2cc(-c3cccc(-c4cccc(-c5ccccn5)c4)c3)cc(-c3cccc(-n4c5ccccc5c5ccccc54)c3)c2)cc1. The fourth-order valence-corrected chi connectivity index (χ4v) is 7.05. The highest BCUT2D eigenvalue weighted by Crippen LogP contribution is 2.37. The fourth-order valence-electron chi connectivity index (χ4n) is 7.05. The van der Waals surface area contributed by atoms with E-state index in [0.717, 1.165) is 16.9 Å². The smallest absolute Gasteiger partial charge is 0.0702 e. The maximum Gasteiger partial charge on any atom is 0.0702 e. The summed E-state index contributed by atoms with van der Waals surface area (Å²) in [7, 11) is 0. The molecule has 9 aromatic rings. The predicted octanol–water partition coefficient (Wildman–Crippen LogP) is 12.5. The molecule has 230 valence electrons. The zero-order valence-corrected chi connectivity index (χ0v) is 26.9. The number of aromatic nitrogens is 2. The second kappa shape index (κ2) is 12.3. The van der Waals surface area contributed by atoms with Crippen molar-refractivity contribution in [2.45, 2.75) is 0 Å². The van der Waals surface area contributed by atoms with E-state index in [1.807, 2.05) is 18.3 Å². The van der Waals surface area contributed by atoms with Crippen LogP contribution in [0.1, 0.15) is 0 Å². The molecule has 0 saturated heterocycles. The number of pyridine rings is 1. The fraction of sp³-hybridized carbons (Fsp3) is 0. The molecule has 0 fully saturated rings. The van der Waals surface area contributed by atoms with Crippen LogP contribution in [-0.4, -0.2) is 9.55 Å². The molecule has 0 N–H and O–H groups in total. The lowest BCUT2D eigenvalue weighted by atomic mass is 9.92. The summed E-state index contributed by atoms with van der Waals surface area (Å²) in [4.78, 5) is 4.58. The van der Waals surface area contributed by atoms with Gasteiger partial charge in [0, 0.05) is 28.2 Å². The molecule has 2 aromatic heterocycles. The van der Waals surface area contributed by atoms with Gasteiger partial charge in [-0.1, -0.05) is 121 Å². The van der Waals surface area contributed by atoms with E-state index in [1.165, 1.54) is 66.3 Å². The van der Waals surface area contributed by atoms with Crippen LogP contribution in [0.15, 0.2) is 194 Å². The Morgan fingerprint density at radius 2 is 0.755 bits per heavy atom. The van der Waals surface area contributed by atoms with Crippen molar-refractivity contribution in [1.29, 1.82) is 0 Å². The lowest BCUT2D eigenvalue weighted by Gasteiger charge is -2.14. The molecule has 0 aliphatic rings. The van der Waals surface area contributed by atoms with Gasteiger partial charge >= 0.3 is 0 Å². The van der Waals surface area contributed by atoms with Crippen molar-refractivity contribution in [2.75, 3.05) is 0 Å². The average Bonchev–Trinajstić information content (AvgIpc) is 3.53. The Morgan fingerprint density at radius 1 is 0.306 bits per heavy atom. The summed E-state index contributed by atoms with van der Waals surface area (Å²) in [5.41, 5.74) is 15.1. The van der Waals surface area contributed by atoms with Crippen molar-refractivity contribution < 1.29 is 0 Å². The summed E-state index contributed by atoms with van der Waals surface area (Å²) in [5.74, 6) is 0. The van der Waals surface area contributed by atoms with E-state index < -0.39 is 0 Å². The van der Waals surface area contributed by atoms with Crippen LogP contribution in [0.4, 0.5) is 0 Å². The summed E-state index contributed by atoms with van der Waals surface area (Å²) >= 11 is 0. The van der Waals surface area contributed by atoms with Gasteiger partial charge < -0.3 is 4.57 Å². The summed E-state index contributed by atoms with van der Waals surface area (Å²) < 4.78 is 2.39. The Kier molecular flexibility index (Phi) is 7.18. The topological polar surface area (TPSA) is 17.8 Å². The van der Waals surface area contributed by atoms with Gasteiger partial charge in [0.05, 0.1) is 16.7 Å². The quantitative estimate of drug-likeness (QED) is 0.180. The molecule has 49 heavy (non-hydrogen) atoms. The molecule has 2 heterocycles. The molecule has 0 unspecified atom stereocenters. The van der Waals surface area contributed by atoms with Crippen LogP contribution in [0, 0.1) is 0 Å². The molecule has 0 aliphatic carbocycles. The number of fused-ring (bicyclic) bond motifs is 3. The number of nitrogens with zero attached hydrogens (tertiary/aromatic N) is 2. The van der Waals surface area contributed by atoms with Crippen molar-refractivity contribution in [3.8, 4) is 61.5 Å². The van der Waals surface area contributed by atoms with Crippen molar-refractivity contribution in [3.05, 3.63) is 194 Å². The number of rotatable bonds is 6. The highest BCUT2D eigenvalue weighted by Gasteiger charge is 2.14. The van der Waals surface area contributed by atoms with E-state index in [4.69, 9.17) is 0 Å². The van der Waals surface area contributed by atoms with E-state index in [9.17, 15) is 0 Å². The maximum absolute atomic E-state index is 4.58. The van der Waals surface area contributed by atoms with Crippen molar-refractivity contribution in [1.82, 2.24) is 9.55 Å². The Morgan fingerprint density at radius 3 is 1.39 bits per heavy atom. The van der Waals surface area contributed by atoms with E-state index in [2.05, 4.69) is 185 Å². The highest BCUT2D eigenvalue weighted by molar-refractivity contribution is 6.09. The number of benzene rings is 7. The van der Waals surface area contributed by atoms with Gasteiger partial charge in [-0.2, -0.15) is 0 Å². The number of para-hydroxylation sites is 2. The summed E-state index contributed by atoms with van der Waals surface area (Å²) in [6.07, 6.45) is 1.85. The van der Waals surface area contributed by atoms with E-state index >= 15 is 0 Å². The van der Waals surface area contributed by atoms with Crippen LogP contribution in [0.2, 0.25) is 0 Å². The van der Waals surface area contributed by atoms with Gasteiger partial charge in [-0.25, -0.2) is 0 Å². The molecule has 0 radical (unpaired) electrons. The third-order valence-electron chi connectivity index (χ3n) is 9.41. The molecule has 9 rings (SSSR count). The summed E-state index contributed by atoms with van der Waals surface area (Å²) in [6, 6.07) is 67.5. The van der Waals surface area contributed by atoms with E-state index in [0.29, 0.717) is 0 Å². The summed E-state index contributed by atoms with van der Waals surface area (Å²) in [6.45, 7) is 0. The Hall–Kier alpha value is -6.51. The third kappa shape index (κ3) is 5.40. The van der Waals surface area contributed by atoms with Crippen LogP contribution in [-0.2, 0) is 0 Å². The van der Waals surface area contributed by atoms with Crippen LogP contribution in [0.3, 0.4) is 0 Å². The van der Waals surface area contributed by atoms with Crippen molar-refractivity contribution >= 4 is 21.8 Å². The van der Waals surface area contributed by atoms with Crippen LogP contribution >= 0.6 is 0 Å². The average molecular weight is 625 g/mol. The molecule has 2 heteroatoms. The van der Waals surface area contributed by atoms with Gasteiger partial charge in [0.15, 0.2) is 0 Å². The molecule has 7 aromatic carbocycles. The van der Waals surface area contributed by atoms with Gasteiger partial charge in [-0.05, 0) is 111 Å². The van der Waals surface area contributed by atoms with Crippen LogP contribution in [0.5, 0.6) is 0 Å². The normalized spacial score (nSPS) is 11.3. The Balaban J connectivity index is 1.17. The predicted molar refractivity (Wildman–Crippen MR) is 206 cm³/mol. The zero-order valence-electron chi connectivity index (χ0n) is 26.9. The van der Waals surface area contributed by atoms with E-state index in [-0.39, 0.29) is 0 Å². The number of hydrogen-bond acceptors (Lipinski definition) is 1. The monoisotopic (exact) mass is 624 g/mol. The van der Waals surface area contributed by atoms with Crippen molar-refractivity contribution in [2.24, 2.45) is 0 Å². The van der Waals surface area contributed by atoms with Crippen LogP contribution in [0.25, 0.3) is 83.3 Å². The first-order valence-electron chi connectivity index (χ1n) is 16.7. The molecule has 0 spiro atoms. The van der Waals surface area contributed by atoms with Gasteiger partial charge in [-0.15, -0.1) is 0 Å². The number of hydrogen-bond donors (Lipinski definition) is 0. The van der Waals surface area contributed by atoms with Crippen LogP contribution < -0.4 is 0 Å². The lowest BCUT2D eigenvalue weighted by molar-refractivity contribution is 1.18. The van der Waals surface area contributed by atoms with Gasteiger partial charge in [-0.3, -0.25) is 4.98 Å². The first kappa shape index (κ1) is 28.7. The zero-order chi connectivity index (χ0) is 32.6. The third-order valence-corrected chi connectivity index (χ3v) is 9.41. The molecule has 2 nitrogen and oxygen atoms in total. The molecule has 0 saturated carbocycles. The minimum atomic E-state index is 0.976. The Labute approximate surface area is 286 Å². The molecular formula is C47H32N2.